The van der Waals surface area contributed by atoms with Crippen LogP contribution in [0.1, 0.15) is 30.4 Å². The first-order valence-corrected chi connectivity index (χ1v) is 6.71. The molecule has 0 radical (unpaired) electrons. The van der Waals surface area contributed by atoms with E-state index in [1.807, 2.05) is 19.1 Å². The van der Waals surface area contributed by atoms with Crippen molar-refractivity contribution >= 4 is 26.8 Å². The Morgan fingerprint density at radius 3 is 3.00 bits per heavy atom. The lowest BCUT2D eigenvalue weighted by atomic mass is 10.1. The Morgan fingerprint density at radius 2 is 2.24 bits per heavy atom. The molecular formula is C13H14BrN3. The molecular weight excluding hydrogens is 278 g/mol. The van der Waals surface area contributed by atoms with E-state index < -0.39 is 0 Å². The third-order valence-corrected chi connectivity index (χ3v) is 3.85. The molecule has 0 saturated carbocycles. The molecule has 4 heteroatoms. The molecule has 0 amide bonds. The molecule has 1 atom stereocenters. The van der Waals surface area contributed by atoms with Gasteiger partial charge in [-0.1, -0.05) is 12.1 Å². The first-order valence-electron chi connectivity index (χ1n) is 5.92. The zero-order chi connectivity index (χ0) is 11.8. The van der Waals surface area contributed by atoms with Crippen LogP contribution in [-0.2, 0) is 0 Å². The molecule has 2 heterocycles. The third kappa shape index (κ3) is 1.96. The van der Waals surface area contributed by atoms with Crippen LogP contribution in [0.3, 0.4) is 0 Å². The average Bonchev–Trinajstić information content (AvgIpc) is 2.83. The topological polar surface area (TPSA) is 37.8 Å². The van der Waals surface area contributed by atoms with Crippen LogP contribution in [0.15, 0.2) is 22.7 Å². The van der Waals surface area contributed by atoms with Crippen LogP contribution in [0.4, 0.5) is 0 Å². The summed E-state index contributed by atoms with van der Waals surface area (Å²) in [7, 11) is 0. The van der Waals surface area contributed by atoms with E-state index in [9.17, 15) is 0 Å². The van der Waals surface area contributed by atoms with Gasteiger partial charge >= 0.3 is 0 Å². The van der Waals surface area contributed by atoms with Gasteiger partial charge in [0.2, 0.25) is 0 Å². The van der Waals surface area contributed by atoms with Crippen molar-refractivity contribution in [3.8, 4) is 0 Å². The highest BCUT2D eigenvalue weighted by atomic mass is 79.9. The van der Waals surface area contributed by atoms with Crippen LogP contribution in [0.25, 0.3) is 10.9 Å². The second-order valence-electron chi connectivity index (χ2n) is 4.44. The van der Waals surface area contributed by atoms with Gasteiger partial charge in [0.05, 0.1) is 17.3 Å². The van der Waals surface area contributed by atoms with Crippen molar-refractivity contribution < 1.29 is 0 Å². The van der Waals surface area contributed by atoms with Crippen molar-refractivity contribution in [3.63, 3.8) is 0 Å². The Hall–Kier alpha value is -1.00. The van der Waals surface area contributed by atoms with E-state index >= 15 is 0 Å². The molecule has 1 aromatic carbocycles. The SMILES string of the molecule is Cc1nc(C2CCCN2)c2cccc(Br)c2n1. The zero-order valence-electron chi connectivity index (χ0n) is 9.70. The summed E-state index contributed by atoms with van der Waals surface area (Å²) >= 11 is 3.56. The Kier molecular flexibility index (Phi) is 2.84. The van der Waals surface area contributed by atoms with Gasteiger partial charge in [-0.25, -0.2) is 9.97 Å². The van der Waals surface area contributed by atoms with E-state index in [0.29, 0.717) is 6.04 Å². The van der Waals surface area contributed by atoms with Crippen molar-refractivity contribution in [2.45, 2.75) is 25.8 Å². The summed E-state index contributed by atoms with van der Waals surface area (Å²) in [6, 6.07) is 6.56. The largest absolute Gasteiger partial charge is 0.309 e. The number of hydrogen-bond donors (Lipinski definition) is 1. The second-order valence-corrected chi connectivity index (χ2v) is 5.30. The number of nitrogens with one attached hydrogen (secondary N) is 1. The minimum Gasteiger partial charge on any atom is -0.309 e. The van der Waals surface area contributed by atoms with Gasteiger partial charge in [-0.15, -0.1) is 0 Å². The number of hydrogen-bond acceptors (Lipinski definition) is 3. The van der Waals surface area contributed by atoms with E-state index in [4.69, 9.17) is 0 Å². The van der Waals surface area contributed by atoms with Gasteiger partial charge in [-0.2, -0.15) is 0 Å². The van der Waals surface area contributed by atoms with Gasteiger partial charge in [0.15, 0.2) is 0 Å². The summed E-state index contributed by atoms with van der Waals surface area (Å²) in [6.07, 6.45) is 2.39. The summed E-state index contributed by atoms with van der Waals surface area (Å²) in [5.41, 5.74) is 2.16. The van der Waals surface area contributed by atoms with Crippen molar-refractivity contribution in [3.05, 3.63) is 34.2 Å². The van der Waals surface area contributed by atoms with Gasteiger partial charge in [0.1, 0.15) is 5.82 Å². The number of para-hydroxylation sites is 1. The fraction of sp³-hybridized carbons (Fsp3) is 0.385. The molecule has 1 aromatic heterocycles. The number of fused-ring (bicyclic) bond motifs is 1. The van der Waals surface area contributed by atoms with Crippen molar-refractivity contribution in [2.24, 2.45) is 0 Å². The first kappa shape index (κ1) is 11.1. The molecule has 1 saturated heterocycles. The molecule has 1 aliphatic rings. The predicted octanol–water partition coefficient (Wildman–Crippen LogP) is 3.13. The molecule has 17 heavy (non-hydrogen) atoms. The fourth-order valence-corrected chi connectivity index (χ4v) is 2.90. The monoisotopic (exact) mass is 291 g/mol. The number of nitrogens with zero attached hydrogens (tertiary/aromatic N) is 2. The quantitative estimate of drug-likeness (QED) is 0.877. The van der Waals surface area contributed by atoms with E-state index in [1.54, 1.807) is 0 Å². The van der Waals surface area contributed by atoms with Gasteiger partial charge in [-0.3, -0.25) is 0 Å². The third-order valence-electron chi connectivity index (χ3n) is 3.21. The normalized spacial score (nSPS) is 20.0. The summed E-state index contributed by atoms with van der Waals surface area (Å²) in [4.78, 5) is 9.15. The minimum absolute atomic E-state index is 0.383. The van der Waals surface area contributed by atoms with E-state index in [2.05, 4.69) is 37.3 Å². The number of aryl methyl sites for hydroxylation is 1. The van der Waals surface area contributed by atoms with Crippen LogP contribution in [0, 0.1) is 6.92 Å². The zero-order valence-corrected chi connectivity index (χ0v) is 11.3. The minimum atomic E-state index is 0.383. The van der Waals surface area contributed by atoms with Gasteiger partial charge in [-0.05, 0) is 48.3 Å². The van der Waals surface area contributed by atoms with E-state index in [0.717, 1.165) is 39.9 Å². The lowest BCUT2D eigenvalue weighted by Gasteiger charge is -2.13. The van der Waals surface area contributed by atoms with Crippen LogP contribution in [0.2, 0.25) is 0 Å². The molecule has 0 spiro atoms. The maximum Gasteiger partial charge on any atom is 0.126 e. The van der Waals surface area contributed by atoms with Crippen LogP contribution >= 0.6 is 15.9 Å². The first-order chi connectivity index (χ1) is 8.25. The maximum atomic E-state index is 4.63. The summed E-state index contributed by atoms with van der Waals surface area (Å²) in [6.45, 7) is 3.04. The Bertz CT molecular complexity index is 562. The molecule has 0 bridgehead atoms. The molecule has 1 aliphatic heterocycles. The maximum absolute atomic E-state index is 4.63. The van der Waals surface area contributed by atoms with Crippen molar-refractivity contribution in [1.29, 1.82) is 0 Å². The van der Waals surface area contributed by atoms with Crippen LogP contribution in [-0.4, -0.2) is 16.5 Å². The standard InChI is InChI=1S/C13H14BrN3/c1-8-16-12-9(4-2-5-10(12)14)13(17-8)11-6-3-7-15-11/h2,4-5,11,15H,3,6-7H2,1H3. The van der Waals surface area contributed by atoms with Gasteiger partial charge < -0.3 is 5.32 Å². The molecule has 1 fully saturated rings. The van der Waals surface area contributed by atoms with Crippen molar-refractivity contribution in [2.75, 3.05) is 6.54 Å². The molecule has 1 unspecified atom stereocenters. The number of aromatic nitrogens is 2. The van der Waals surface area contributed by atoms with Crippen LogP contribution < -0.4 is 5.32 Å². The number of rotatable bonds is 1. The predicted molar refractivity (Wildman–Crippen MR) is 72.0 cm³/mol. The summed E-state index contributed by atoms with van der Waals surface area (Å²) in [5, 5.41) is 4.66. The Morgan fingerprint density at radius 1 is 1.35 bits per heavy atom. The highest BCUT2D eigenvalue weighted by molar-refractivity contribution is 9.10. The molecule has 1 N–H and O–H groups in total. The number of halogens is 1. The smallest absolute Gasteiger partial charge is 0.126 e. The molecule has 3 rings (SSSR count). The average molecular weight is 292 g/mol. The summed E-state index contributed by atoms with van der Waals surface area (Å²) in [5.74, 6) is 0.841. The molecule has 3 nitrogen and oxygen atoms in total. The number of benzene rings is 1. The highest BCUT2D eigenvalue weighted by Crippen LogP contribution is 2.30. The Balaban J connectivity index is 2.25. The van der Waals surface area contributed by atoms with Crippen molar-refractivity contribution in [1.82, 2.24) is 15.3 Å². The van der Waals surface area contributed by atoms with Crippen LogP contribution in [0.5, 0.6) is 0 Å². The molecule has 0 aliphatic carbocycles. The van der Waals surface area contributed by atoms with E-state index in [-0.39, 0.29) is 0 Å². The lowest BCUT2D eigenvalue weighted by Crippen LogP contribution is -2.15. The van der Waals surface area contributed by atoms with E-state index in [1.165, 1.54) is 6.42 Å². The molecule has 88 valence electrons. The second kappa shape index (κ2) is 4.35. The molecule has 2 aromatic rings. The van der Waals surface area contributed by atoms with Gasteiger partial charge in [0, 0.05) is 9.86 Å². The Labute approximate surface area is 109 Å². The lowest BCUT2D eigenvalue weighted by molar-refractivity contribution is 0.629. The highest BCUT2D eigenvalue weighted by Gasteiger charge is 2.21. The fourth-order valence-electron chi connectivity index (χ4n) is 2.44. The summed E-state index contributed by atoms with van der Waals surface area (Å²) < 4.78 is 1.04. The van der Waals surface area contributed by atoms with Gasteiger partial charge in [0.25, 0.3) is 0 Å².